The average molecular weight is 433 g/mol. The van der Waals surface area contributed by atoms with Gasteiger partial charge in [0.1, 0.15) is 11.2 Å². The van der Waals surface area contributed by atoms with Crippen LogP contribution in [0.4, 0.5) is 0 Å². The Balaban J connectivity index is 1.26. The number of nitrogens with zero attached hydrogens (tertiary/aromatic N) is 2. The van der Waals surface area contributed by atoms with Gasteiger partial charge in [-0.25, -0.2) is 4.98 Å². The third-order valence-corrected chi connectivity index (χ3v) is 6.59. The number of hydrogen-bond donors (Lipinski definition) is 2. The summed E-state index contributed by atoms with van der Waals surface area (Å²) in [5.41, 5.74) is 1.81. The molecule has 1 aliphatic rings. The van der Waals surface area contributed by atoms with Crippen LogP contribution in [0.25, 0.3) is 5.65 Å². The van der Waals surface area contributed by atoms with Gasteiger partial charge in [-0.3, -0.25) is 9.59 Å². The molecular formula is C23H20N4O3S. The molecule has 7 nitrogen and oxygen atoms in total. The Morgan fingerprint density at radius 1 is 1.06 bits per heavy atom. The molecule has 1 aromatic carbocycles. The van der Waals surface area contributed by atoms with Gasteiger partial charge in [-0.15, -0.1) is 11.3 Å². The summed E-state index contributed by atoms with van der Waals surface area (Å²) in [6.45, 7) is 1.18. The van der Waals surface area contributed by atoms with Crippen molar-refractivity contribution in [1.82, 2.24) is 20.0 Å². The largest absolute Gasteiger partial charge is 0.376 e. The maximum absolute atomic E-state index is 12.7. The van der Waals surface area contributed by atoms with Crippen molar-refractivity contribution < 1.29 is 14.3 Å². The second kappa shape index (κ2) is 7.98. The Labute approximate surface area is 182 Å². The summed E-state index contributed by atoms with van der Waals surface area (Å²) >= 11 is 1.38. The molecule has 3 aromatic heterocycles. The summed E-state index contributed by atoms with van der Waals surface area (Å²) in [6, 6.07) is 16.7. The molecule has 156 valence electrons. The molecule has 5 rings (SSSR count). The van der Waals surface area contributed by atoms with Gasteiger partial charge in [0.05, 0.1) is 18.1 Å². The molecule has 0 spiro atoms. The van der Waals surface area contributed by atoms with E-state index in [1.165, 1.54) is 11.3 Å². The SMILES string of the molecule is O=C(NC1(c2ccc(C(=O)NCc3ccn4ccnc4c3)s2)COC1)c1ccccc1. The van der Waals surface area contributed by atoms with Crippen molar-refractivity contribution in [3.05, 3.63) is 94.1 Å². The number of benzene rings is 1. The summed E-state index contributed by atoms with van der Waals surface area (Å²) in [7, 11) is 0. The first-order valence-electron chi connectivity index (χ1n) is 9.88. The van der Waals surface area contributed by atoms with Crippen LogP contribution in [0, 0.1) is 0 Å². The summed E-state index contributed by atoms with van der Waals surface area (Å²) in [5.74, 6) is -0.304. The van der Waals surface area contributed by atoms with Crippen LogP contribution in [-0.2, 0) is 16.8 Å². The molecule has 0 radical (unpaired) electrons. The number of hydrogen-bond acceptors (Lipinski definition) is 5. The van der Waals surface area contributed by atoms with Crippen LogP contribution >= 0.6 is 11.3 Å². The summed E-state index contributed by atoms with van der Waals surface area (Å²) in [6.07, 6.45) is 5.53. The highest BCUT2D eigenvalue weighted by molar-refractivity contribution is 7.14. The van der Waals surface area contributed by atoms with E-state index in [0.717, 1.165) is 16.1 Å². The fourth-order valence-electron chi connectivity index (χ4n) is 3.51. The Morgan fingerprint density at radius 3 is 2.68 bits per heavy atom. The molecule has 0 aliphatic carbocycles. The zero-order chi connectivity index (χ0) is 21.3. The van der Waals surface area contributed by atoms with Gasteiger partial charge in [0.15, 0.2) is 0 Å². The van der Waals surface area contributed by atoms with Crippen molar-refractivity contribution in [2.45, 2.75) is 12.1 Å². The number of carbonyl (C=O) groups excluding carboxylic acids is 2. The first kappa shape index (κ1) is 19.5. The Kier molecular flexibility index (Phi) is 5.01. The lowest BCUT2D eigenvalue weighted by atomic mass is 9.94. The van der Waals surface area contributed by atoms with E-state index < -0.39 is 5.54 Å². The van der Waals surface area contributed by atoms with Crippen molar-refractivity contribution in [3.63, 3.8) is 0 Å². The lowest BCUT2D eigenvalue weighted by Gasteiger charge is -2.41. The van der Waals surface area contributed by atoms with Gasteiger partial charge in [-0.2, -0.15) is 0 Å². The molecule has 4 heterocycles. The van der Waals surface area contributed by atoms with Gasteiger partial charge < -0.3 is 19.8 Å². The molecule has 2 amide bonds. The zero-order valence-corrected chi connectivity index (χ0v) is 17.4. The predicted molar refractivity (Wildman–Crippen MR) is 117 cm³/mol. The second-order valence-corrected chi connectivity index (χ2v) is 8.55. The Bertz CT molecular complexity index is 1240. The summed E-state index contributed by atoms with van der Waals surface area (Å²) < 4.78 is 7.33. The number of carbonyl (C=O) groups is 2. The second-order valence-electron chi connectivity index (χ2n) is 7.47. The fraction of sp³-hybridized carbons (Fsp3) is 0.174. The number of amides is 2. The average Bonchev–Trinajstić information content (AvgIpc) is 3.44. The monoisotopic (exact) mass is 432 g/mol. The van der Waals surface area contributed by atoms with Crippen molar-refractivity contribution in [2.24, 2.45) is 0 Å². The normalized spacial score (nSPS) is 14.7. The first-order valence-corrected chi connectivity index (χ1v) is 10.7. The fourth-order valence-corrected chi connectivity index (χ4v) is 4.55. The number of imidazole rings is 1. The smallest absolute Gasteiger partial charge is 0.261 e. The topological polar surface area (TPSA) is 84.7 Å². The van der Waals surface area contributed by atoms with Gasteiger partial charge in [0.25, 0.3) is 11.8 Å². The Morgan fingerprint density at radius 2 is 1.90 bits per heavy atom. The summed E-state index contributed by atoms with van der Waals surface area (Å²) in [5, 5.41) is 6.05. The van der Waals surface area contributed by atoms with Crippen LogP contribution in [0.15, 0.2) is 73.2 Å². The van der Waals surface area contributed by atoms with Gasteiger partial charge in [0, 0.05) is 35.6 Å². The van der Waals surface area contributed by atoms with Crippen molar-refractivity contribution >= 4 is 28.8 Å². The number of nitrogens with one attached hydrogen (secondary N) is 2. The molecule has 31 heavy (non-hydrogen) atoms. The lowest BCUT2D eigenvalue weighted by molar-refractivity contribution is -0.0715. The van der Waals surface area contributed by atoms with Crippen LogP contribution in [0.3, 0.4) is 0 Å². The Hall–Kier alpha value is -3.49. The molecule has 0 unspecified atom stereocenters. The molecule has 1 saturated heterocycles. The number of pyridine rings is 1. The van der Waals surface area contributed by atoms with Gasteiger partial charge in [-0.1, -0.05) is 18.2 Å². The number of thiophene rings is 1. The van der Waals surface area contributed by atoms with Gasteiger partial charge >= 0.3 is 0 Å². The van der Waals surface area contributed by atoms with E-state index in [2.05, 4.69) is 15.6 Å². The molecular weight excluding hydrogens is 412 g/mol. The van der Waals surface area contributed by atoms with Crippen molar-refractivity contribution in [3.8, 4) is 0 Å². The van der Waals surface area contributed by atoms with E-state index in [4.69, 9.17) is 4.74 Å². The highest BCUT2D eigenvalue weighted by Gasteiger charge is 2.43. The van der Waals surface area contributed by atoms with Gasteiger partial charge in [-0.05, 0) is 42.0 Å². The van der Waals surface area contributed by atoms with E-state index in [0.29, 0.717) is 30.2 Å². The molecule has 0 atom stereocenters. The standard InChI is InChI=1S/C23H20N4O3S/c28-21(17-4-2-1-3-5-17)26-23(14-30-15-23)19-7-6-18(31-19)22(29)25-13-16-8-10-27-11-9-24-20(27)12-16/h1-12H,13-15H2,(H,25,29)(H,26,28). The maximum Gasteiger partial charge on any atom is 0.261 e. The highest BCUT2D eigenvalue weighted by atomic mass is 32.1. The third kappa shape index (κ3) is 3.83. The van der Waals surface area contributed by atoms with Crippen LogP contribution in [-0.4, -0.2) is 34.4 Å². The number of aromatic nitrogens is 2. The molecule has 4 aromatic rings. The number of ether oxygens (including phenoxy) is 1. The van der Waals surface area contributed by atoms with Crippen LogP contribution in [0.1, 0.15) is 30.5 Å². The molecule has 1 fully saturated rings. The maximum atomic E-state index is 12.7. The van der Waals surface area contributed by atoms with Crippen LogP contribution in [0.2, 0.25) is 0 Å². The minimum absolute atomic E-state index is 0.149. The molecule has 8 heteroatoms. The van der Waals surface area contributed by atoms with E-state index >= 15 is 0 Å². The van der Waals surface area contributed by atoms with Crippen LogP contribution < -0.4 is 10.6 Å². The van der Waals surface area contributed by atoms with Gasteiger partial charge in [0.2, 0.25) is 0 Å². The predicted octanol–water partition coefficient (Wildman–Crippen LogP) is 2.98. The van der Waals surface area contributed by atoms with Crippen molar-refractivity contribution in [1.29, 1.82) is 0 Å². The molecule has 0 saturated carbocycles. The number of fused-ring (bicyclic) bond motifs is 1. The summed E-state index contributed by atoms with van der Waals surface area (Å²) in [4.78, 5) is 31.1. The van der Waals surface area contributed by atoms with Crippen molar-refractivity contribution in [2.75, 3.05) is 13.2 Å². The van der Waals surface area contributed by atoms with E-state index in [1.54, 1.807) is 24.4 Å². The zero-order valence-electron chi connectivity index (χ0n) is 16.6. The molecule has 2 N–H and O–H groups in total. The molecule has 1 aliphatic heterocycles. The quantitative estimate of drug-likeness (QED) is 0.491. The van der Waals surface area contributed by atoms with E-state index in [1.807, 2.05) is 53.2 Å². The highest BCUT2D eigenvalue weighted by Crippen LogP contribution is 2.35. The minimum Gasteiger partial charge on any atom is -0.376 e. The minimum atomic E-state index is -0.595. The van der Waals surface area contributed by atoms with Crippen LogP contribution in [0.5, 0.6) is 0 Å². The lowest BCUT2D eigenvalue weighted by Crippen LogP contribution is -2.58. The van der Waals surface area contributed by atoms with E-state index in [9.17, 15) is 9.59 Å². The number of rotatable bonds is 6. The third-order valence-electron chi connectivity index (χ3n) is 5.30. The first-order chi connectivity index (χ1) is 15.1. The molecule has 0 bridgehead atoms. The van der Waals surface area contributed by atoms with E-state index in [-0.39, 0.29) is 11.8 Å².